The van der Waals surface area contributed by atoms with Crippen molar-refractivity contribution in [3.8, 4) is 0 Å². The van der Waals surface area contributed by atoms with Gasteiger partial charge in [0, 0.05) is 35.2 Å². The predicted molar refractivity (Wildman–Crippen MR) is 117 cm³/mol. The van der Waals surface area contributed by atoms with Crippen molar-refractivity contribution in [2.45, 2.75) is 121 Å². The molecule has 0 N–H and O–H groups in total. The van der Waals surface area contributed by atoms with Crippen molar-refractivity contribution < 1.29 is 18.9 Å². The second-order valence-electron chi connectivity index (χ2n) is 8.62. The normalized spacial score (nSPS) is 23.4. The van der Waals surface area contributed by atoms with Gasteiger partial charge in [-0.25, -0.2) is 0 Å². The van der Waals surface area contributed by atoms with Crippen molar-refractivity contribution in [1.29, 1.82) is 0 Å². The highest BCUT2D eigenvalue weighted by Gasteiger charge is 2.14. The van der Waals surface area contributed by atoms with Gasteiger partial charge in [-0.15, -0.1) is 0 Å². The molecule has 0 amide bonds. The summed E-state index contributed by atoms with van der Waals surface area (Å²) in [6.45, 7) is 6.05. The molecule has 0 bridgehead atoms. The Morgan fingerprint density at radius 2 is 1.11 bits per heavy atom. The molecule has 2 unspecified atom stereocenters. The molecule has 0 aliphatic carbocycles. The van der Waals surface area contributed by atoms with E-state index in [9.17, 15) is 0 Å². The third-order valence-electron chi connectivity index (χ3n) is 5.88. The average molecular weight is 414 g/mol. The molecule has 4 nitrogen and oxygen atoms in total. The van der Waals surface area contributed by atoms with Crippen molar-refractivity contribution in [3.05, 3.63) is 0 Å². The van der Waals surface area contributed by atoms with E-state index in [1.807, 2.05) is 0 Å². The Hall–Kier alpha value is 0.0569. The van der Waals surface area contributed by atoms with Gasteiger partial charge >= 0.3 is 0 Å². The minimum absolute atomic E-state index is 0.0892. The maximum absolute atomic E-state index is 5.81. The van der Waals surface area contributed by atoms with Gasteiger partial charge in [0.25, 0.3) is 0 Å². The molecular weight excluding hydrogens is 368 g/mol. The molecular formula is C23H45O4Si. The fourth-order valence-electron chi connectivity index (χ4n) is 4.00. The van der Waals surface area contributed by atoms with Crippen LogP contribution in [0, 0.1) is 0 Å². The van der Waals surface area contributed by atoms with Crippen LogP contribution in [0.5, 0.6) is 0 Å². The fourth-order valence-corrected chi connectivity index (χ4v) is 5.96. The van der Waals surface area contributed by atoms with E-state index in [0.29, 0.717) is 0 Å². The minimum Gasteiger partial charge on any atom is -0.353 e. The Balaban J connectivity index is 1.27. The third-order valence-corrected chi connectivity index (χ3v) is 8.29. The van der Waals surface area contributed by atoms with Crippen LogP contribution in [0.2, 0.25) is 18.6 Å². The van der Waals surface area contributed by atoms with E-state index >= 15 is 0 Å². The highest BCUT2D eigenvalue weighted by atomic mass is 28.3. The van der Waals surface area contributed by atoms with Gasteiger partial charge in [-0.3, -0.25) is 0 Å². The second-order valence-corrected chi connectivity index (χ2v) is 11.5. The molecule has 0 aromatic carbocycles. The van der Waals surface area contributed by atoms with Gasteiger partial charge < -0.3 is 18.9 Å². The zero-order valence-electron chi connectivity index (χ0n) is 18.4. The Kier molecular flexibility index (Phi) is 14.6. The number of unbranched alkanes of at least 4 members (excludes halogenated alkanes) is 6. The fraction of sp³-hybridized carbons (Fsp3) is 1.00. The summed E-state index contributed by atoms with van der Waals surface area (Å²) in [5.74, 6) is 0. The summed E-state index contributed by atoms with van der Waals surface area (Å²) in [6, 6.07) is 2.97. The van der Waals surface area contributed by atoms with Crippen molar-refractivity contribution in [2.75, 3.05) is 26.4 Å². The lowest BCUT2D eigenvalue weighted by atomic mass is 10.2. The zero-order chi connectivity index (χ0) is 19.7. The quantitative estimate of drug-likeness (QED) is 0.219. The minimum atomic E-state index is -0.111. The van der Waals surface area contributed by atoms with Crippen molar-refractivity contribution in [3.63, 3.8) is 0 Å². The monoisotopic (exact) mass is 413 g/mol. The van der Waals surface area contributed by atoms with E-state index in [2.05, 4.69) is 6.55 Å². The first-order valence-electron chi connectivity index (χ1n) is 12.1. The van der Waals surface area contributed by atoms with Gasteiger partial charge in [0.15, 0.2) is 12.6 Å². The largest absolute Gasteiger partial charge is 0.353 e. The van der Waals surface area contributed by atoms with Crippen LogP contribution in [0.1, 0.15) is 89.9 Å². The summed E-state index contributed by atoms with van der Waals surface area (Å²) in [5.41, 5.74) is 0. The summed E-state index contributed by atoms with van der Waals surface area (Å²) in [4.78, 5) is 0. The summed E-state index contributed by atoms with van der Waals surface area (Å²) in [6.07, 6.45) is 17.9. The molecule has 165 valence electrons. The molecule has 1 radical (unpaired) electrons. The van der Waals surface area contributed by atoms with E-state index in [1.54, 1.807) is 0 Å². The van der Waals surface area contributed by atoms with Crippen LogP contribution < -0.4 is 0 Å². The molecule has 0 saturated carbocycles. The lowest BCUT2D eigenvalue weighted by Crippen LogP contribution is -2.22. The Labute approximate surface area is 175 Å². The molecule has 2 rings (SSSR count). The smallest absolute Gasteiger partial charge is 0.157 e. The van der Waals surface area contributed by atoms with Gasteiger partial charge in [-0.1, -0.05) is 57.2 Å². The first-order valence-corrected chi connectivity index (χ1v) is 14.5. The zero-order valence-corrected chi connectivity index (χ0v) is 19.4. The molecule has 5 heteroatoms. The third kappa shape index (κ3) is 12.6. The van der Waals surface area contributed by atoms with Crippen LogP contribution in [0.4, 0.5) is 0 Å². The van der Waals surface area contributed by atoms with E-state index in [0.717, 1.165) is 39.3 Å². The lowest BCUT2D eigenvalue weighted by Gasteiger charge is -2.22. The summed E-state index contributed by atoms with van der Waals surface area (Å²) in [7, 11) is -0.111. The van der Waals surface area contributed by atoms with E-state index in [4.69, 9.17) is 18.9 Å². The van der Waals surface area contributed by atoms with Gasteiger partial charge in [-0.2, -0.15) is 0 Å². The highest BCUT2D eigenvalue weighted by molar-refractivity contribution is 6.57. The van der Waals surface area contributed by atoms with Crippen molar-refractivity contribution >= 4 is 8.80 Å². The van der Waals surface area contributed by atoms with Crippen LogP contribution in [0.15, 0.2) is 0 Å². The number of ether oxygens (including phenoxy) is 4. The van der Waals surface area contributed by atoms with Crippen LogP contribution in [0.25, 0.3) is 0 Å². The first-order chi connectivity index (χ1) is 13.8. The van der Waals surface area contributed by atoms with E-state index < -0.39 is 0 Å². The summed E-state index contributed by atoms with van der Waals surface area (Å²) < 4.78 is 22.8. The lowest BCUT2D eigenvalue weighted by molar-refractivity contribution is -0.163. The molecule has 2 heterocycles. The molecule has 2 atom stereocenters. The first kappa shape index (κ1) is 24.3. The predicted octanol–water partition coefficient (Wildman–Crippen LogP) is 6.32. The SMILES string of the molecule is C[Si](CCCCCCOC1CCCCO1)CCCCCCOC1CCCCO1. The van der Waals surface area contributed by atoms with Crippen LogP contribution >= 0.6 is 0 Å². The van der Waals surface area contributed by atoms with E-state index in [1.165, 1.54) is 89.1 Å². The van der Waals surface area contributed by atoms with Crippen molar-refractivity contribution in [1.82, 2.24) is 0 Å². The summed E-state index contributed by atoms with van der Waals surface area (Å²) in [5, 5.41) is 0. The number of rotatable bonds is 16. The topological polar surface area (TPSA) is 36.9 Å². The van der Waals surface area contributed by atoms with Gasteiger partial charge in [0.05, 0.1) is 0 Å². The standard InChI is InChI=1S/C23H45O4Si/c1-28(20-12-4-2-8-16-24-22-14-6-10-18-26-22)21-13-5-3-9-17-25-23-15-7-11-19-27-23/h22-23H,2-21H2,1H3. The van der Waals surface area contributed by atoms with Crippen LogP contribution in [-0.4, -0.2) is 47.8 Å². The maximum Gasteiger partial charge on any atom is 0.157 e. The van der Waals surface area contributed by atoms with Crippen LogP contribution in [-0.2, 0) is 18.9 Å². The molecule has 2 fully saturated rings. The van der Waals surface area contributed by atoms with Gasteiger partial charge in [0.2, 0.25) is 0 Å². The molecule has 2 aliphatic heterocycles. The van der Waals surface area contributed by atoms with Crippen molar-refractivity contribution in [2.24, 2.45) is 0 Å². The van der Waals surface area contributed by atoms with Gasteiger partial charge in [0.1, 0.15) is 0 Å². The number of hydrogen-bond donors (Lipinski definition) is 0. The molecule has 2 saturated heterocycles. The second kappa shape index (κ2) is 16.8. The Bertz CT molecular complexity index is 311. The molecule has 0 aromatic heterocycles. The average Bonchev–Trinajstić information content (AvgIpc) is 2.74. The molecule has 2 aliphatic rings. The summed E-state index contributed by atoms with van der Waals surface area (Å²) >= 11 is 0. The van der Waals surface area contributed by atoms with Crippen LogP contribution in [0.3, 0.4) is 0 Å². The van der Waals surface area contributed by atoms with E-state index in [-0.39, 0.29) is 21.4 Å². The highest BCUT2D eigenvalue weighted by Crippen LogP contribution is 2.17. The molecule has 0 aromatic rings. The molecule has 0 spiro atoms. The Morgan fingerprint density at radius 1 is 0.643 bits per heavy atom. The molecule has 28 heavy (non-hydrogen) atoms. The Morgan fingerprint density at radius 3 is 1.54 bits per heavy atom. The number of hydrogen-bond acceptors (Lipinski definition) is 4. The maximum atomic E-state index is 5.81. The van der Waals surface area contributed by atoms with Gasteiger partial charge in [-0.05, 0) is 51.4 Å².